The lowest BCUT2D eigenvalue weighted by atomic mass is 10.1. The quantitative estimate of drug-likeness (QED) is 0.695. The molecule has 2 amide bonds. The molecule has 126 valence electrons. The molecule has 0 aliphatic rings. The number of benzene rings is 2. The second kappa shape index (κ2) is 7.13. The van der Waals surface area contributed by atoms with Crippen LogP contribution in [0.1, 0.15) is 11.3 Å². The second-order valence-corrected chi connectivity index (χ2v) is 5.83. The summed E-state index contributed by atoms with van der Waals surface area (Å²) in [7, 11) is 0. The molecular weight excluding hydrogens is 317 g/mol. The average Bonchev–Trinajstić information content (AvgIpc) is 2.59. The van der Waals surface area contributed by atoms with Gasteiger partial charge in [-0.25, -0.2) is 9.18 Å². The Morgan fingerprint density at radius 3 is 2.40 bits per heavy atom. The average molecular weight is 335 g/mol. The molecule has 25 heavy (non-hydrogen) atoms. The number of amides is 2. The Balaban J connectivity index is 1.69. The number of rotatable bonds is 3. The maximum Gasteiger partial charge on any atom is 0.323 e. The Labute approximate surface area is 145 Å². The molecular formula is C20H18FN3O. The van der Waals surface area contributed by atoms with Gasteiger partial charge in [-0.05, 0) is 66.9 Å². The van der Waals surface area contributed by atoms with Gasteiger partial charge in [-0.15, -0.1) is 0 Å². The van der Waals surface area contributed by atoms with Crippen LogP contribution in [0.5, 0.6) is 0 Å². The summed E-state index contributed by atoms with van der Waals surface area (Å²) in [6, 6.07) is 15.4. The van der Waals surface area contributed by atoms with E-state index in [-0.39, 0.29) is 5.69 Å². The first-order chi connectivity index (χ1) is 12.0. The molecule has 2 aromatic carbocycles. The van der Waals surface area contributed by atoms with Crippen molar-refractivity contribution >= 4 is 17.4 Å². The number of aryl methyl sites for hydroxylation is 2. The van der Waals surface area contributed by atoms with Crippen molar-refractivity contribution in [2.75, 3.05) is 10.6 Å². The molecule has 5 heteroatoms. The van der Waals surface area contributed by atoms with E-state index in [1.807, 2.05) is 38.1 Å². The fourth-order valence-corrected chi connectivity index (χ4v) is 2.49. The van der Waals surface area contributed by atoms with Crippen LogP contribution in [0.3, 0.4) is 0 Å². The third-order valence-corrected chi connectivity index (χ3v) is 3.74. The molecule has 0 aliphatic heterocycles. The Morgan fingerprint density at radius 1 is 0.920 bits per heavy atom. The van der Waals surface area contributed by atoms with Gasteiger partial charge < -0.3 is 10.6 Å². The fraction of sp³-hybridized carbons (Fsp3) is 0.100. The van der Waals surface area contributed by atoms with Gasteiger partial charge in [-0.3, -0.25) is 4.98 Å². The van der Waals surface area contributed by atoms with E-state index in [1.165, 1.54) is 6.07 Å². The van der Waals surface area contributed by atoms with Crippen LogP contribution >= 0.6 is 0 Å². The lowest BCUT2D eigenvalue weighted by Crippen LogP contribution is -2.20. The highest BCUT2D eigenvalue weighted by Gasteiger charge is 2.07. The summed E-state index contributed by atoms with van der Waals surface area (Å²) in [5.74, 6) is -0.468. The third kappa shape index (κ3) is 4.20. The minimum absolute atomic E-state index is 0.154. The lowest BCUT2D eigenvalue weighted by Gasteiger charge is -2.10. The van der Waals surface area contributed by atoms with Crippen LogP contribution in [0.2, 0.25) is 0 Å². The monoisotopic (exact) mass is 335 g/mol. The number of carbonyl (C=O) groups excluding carboxylic acids is 1. The lowest BCUT2D eigenvalue weighted by molar-refractivity contribution is 0.262. The van der Waals surface area contributed by atoms with Crippen LogP contribution in [0.4, 0.5) is 20.6 Å². The first-order valence-corrected chi connectivity index (χ1v) is 7.88. The number of hydrogen-bond acceptors (Lipinski definition) is 2. The molecule has 0 fully saturated rings. The molecule has 0 bridgehead atoms. The largest absolute Gasteiger partial charge is 0.323 e. The highest BCUT2D eigenvalue weighted by Crippen LogP contribution is 2.22. The summed E-state index contributed by atoms with van der Waals surface area (Å²) < 4.78 is 13.7. The molecule has 3 aromatic rings. The van der Waals surface area contributed by atoms with Crippen molar-refractivity contribution in [1.29, 1.82) is 0 Å². The maximum atomic E-state index is 13.7. The van der Waals surface area contributed by atoms with E-state index in [2.05, 4.69) is 15.6 Å². The second-order valence-electron chi connectivity index (χ2n) is 5.83. The first-order valence-electron chi connectivity index (χ1n) is 7.88. The van der Waals surface area contributed by atoms with E-state index in [1.54, 1.807) is 30.5 Å². The van der Waals surface area contributed by atoms with E-state index in [4.69, 9.17) is 0 Å². The molecule has 1 aromatic heterocycles. The van der Waals surface area contributed by atoms with Crippen LogP contribution in [0.15, 0.2) is 60.8 Å². The van der Waals surface area contributed by atoms with Gasteiger partial charge in [0.15, 0.2) is 0 Å². The predicted octanol–water partition coefficient (Wildman–Crippen LogP) is 5.15. The van der Waals surface area contributed by atoms with Crippen LogP contribution in [-0.2, 0) is 0 Å². The molecule has 0 saturated carbocycles. The van der Waals surface area contributed by atoms with Crippen molar-refractivity contribution in [2.24, 2.45) is 0 Å². The number of nitrogens with one attached hydrogen (secondary N) is 2. The number of nitrogens with zero attached hydrogens (tertiary/aromatic N) is 1. The summed E-state index contributed by atoms with van der Waals surface area (Å²) >= 11 is 0. The fourth-order valence-electron chi connectivity index (χ4n) is 2.49. The van der Waals surface area contributed by atoms with E-state index in [9.17, 15) is 9.18 Å². The number of pyridine rings is 1. The molecule has 0 saturated heterocycles. The van der Waals surface area contributed by atoms with Gasteiger partial charge in [0.05, 0.1) is 5.69 Å². The highest BCUT2D eigenvalue weighted by atomic mass is 19.1. The van der Waals surface area contributed by atoms with E-state index < -0.39 is 11.8 Å². The van der Waals surface area contributed by atoms with Crippen LogP contribution in [-0.4, -0.2) is 11.0 Å². The number of aromatic nitrogens is 1. The number of urea groups is 1. The zero-order valence-corrected chi connectivity index (χ0v) is 14.0. The Hall–Kier alpha value is -3.21. The van der Waals surface area contributed by atoms with Gasteiger partial charge in [0.25, 0.3) is 0 Å². The molecule has 0 spiro atoms. The summed E-state index contributed by atoms with van der Waals surface area (Å²) in [6.07, 6.45) is 1.76. The Kier molecular flexibility index (Phi) is 4.75. The molecule has 0 radical (unpaired) electrons. The summed E-state index contributed by atoms with van der Waals surface area (Å²) in [5.41, 5.74) is 4.68. The number of halogens is 1. The SMILES string of the molecule is Cc1ccc(F)c(NC(=O)Nc2ccc(-c3ccnc(C)c3)cc2)c1. The van der Waals surface area contributed by atoms with Crippen molar-refractivity contribution in [3.05, 3.63) is 77.9 Å². The molecule has 0 unspecified atom stereocenters. The number of anilines is 2. The maximum absolute atomic E-state index is 13.7. The van der Waals surface area contributed by atoms with Crippen molar-refractivity contribution in [3.8, 4) is 11.1 Å². The van der Waals surface area contributed by atoms with Crippen molar-refractivity contribution < 1.29 is 9.18 Å². The predicted molar refractivity (Wildman–Crippen MR) is 98.2 cm³/mol. The van der Waals surface area contributed by atoms with Crippen LogP contribution in [0.25, 0.3) is 11.1 Å². The smallest absolute Gasteiger partial charge is 0.308 e. The van der Waals surface area contributed by atoms with Gasteiger partial charge in [0.2, 0.25) is 0 Å². The molecule has 3 rings (SSSR count). The van der Waals surface area contributed by atoms with Crippen molar-refractivity contribution in [3.63, 3.8) is 0 Å². The third-order valence-electron chi connectivity index (χ3n) is 3.74. The normalized spacial score (nSPS) is 10.4. The first kappa shape index (κ1) is 16.6. The van der Waals surface area contributed by atoms with E-state index in [0.717, 1.165) is 22.4 Å². The molecule has 0 atom stereocenters. The van der Waals surface area contributed by atoms with Crippen LogP contribution in [0, 0.1) is 19.7 Å². The van der Waals surface area contributed by atoms with E-state index in [0.29, 0.717) is 5.69 Å². The zero-order valence-electron chi connectivity index (χ0n) is 14.0. The van der Waals surface area contributed by atoms with Gasteiger partial charge in [0, 0.05) is 17.6 Å². The molecule has 0 aliphatic carbocycles. The molecule has 4 nitrogen and oxygen atoms in total. The highest BCUT2D eigenvalue weighted by molar-refractivity contribution is 6.00. The van der Waals surface area contributed by atoms with Gasteiger partial charge in [-0.1, -0.05) is 18.2 Å². The number of carbonyl (C=O) groups is 1. The van der Waals surface area contributed by atoms with Gasteiger partial charge >= 0.3 is 6.03 Å². The van der Waals surface area contributed by atoms with E-state index >= 15 is 0 Å². The standard InChI is InChI=1S/C20H18FN3O/c1-13-3-8-18(21)19(11-13)24-20(25)23-17-6-4-15(5-7-17)16-9-10-22-14(2)12-16/h3-12H,1-2H3,(H2,23,24,25). The minimum atomic E-state index is -0.489. The Bertz CT molecular complexity index is 907. The van der Waals surface area contributed by atoms with Gasteiger partial charge in [-0.2, -0.15) is 0 Å². The minimum Gasteiger partial charge on any atom is -0.308 e. The molecule has 1 heterocycles. The number of hydrogen-bond donors (Lipinski definition) is 2. The van der Waals surface area contributed by atoms with Crippen LogP contribution < -0.4 is 10.6 Å². The topological polar surface area (TPSA) is 54.0 Å². The summed E-state index contributed by atoms with van der Waals surface area (Å²) in [6.45, 7) is 3.77. The Morgan fingerprint density at radius 2 is 1.68 bits per heavy atom. The van der Waals surface area contributed by atoms with Crippen molar-refractivity contribution in [1.82, 2.24) is 4.98 Å². The summed E-state index contributed by atoms with van der Waals surface area (Å²) in [4.78, 5) is 16.2. The molecule has 2 N–H and O–H groups in total. The van der Waals surface area contributed by atoms with Gasteiger partial charge in [0.1, 0.15) is 5.82 Å². The summed E-state index contributed by atoms with van der Waals surface area (Å²) in [5, 5.41) is 5.22. The zero-order chi connectivity index (χ0) is 17.8. The van der Waals surface area contributed by atoms with Crippen molar-refractivity contribution in [2.45, 2.75) is 13.8 Å².